The van der Waals surface area contributed by atoms with E-state index in [0.717, 1.165) is 6.04 Å². The average molecular weight is 235 g/mol. The lowest BCUT2D eigenvalue weighted by molar-refractivity contribution is 0.477. The molecule has 1 heterocycles. The Bertz CT molecular complexity index is 280. The topological polar surface area (TPSA) is 12.0 Å². The summed E-state index contributed by atoms with van der Waals surface area (Å²) in [6.45, 7) is 1.17. The fourth-order valence-electron chi connectivity index (χ4n) is 2.15. The Morgan fingerprint density at radius 1 is 1.12 bits per heavy atom. The van der Waals surface area contributed by atoms with Crippen molar-refractivity contribution in [3.8, 4) is 0 Å². The second-order valence-corrected chi connectivity index (χ2v) is 5.65. The first kappa shape index (κ1) is 12.0. The Morgan fingerprint density at radius 3 is 2.62 bits per heavy atom. The van der Waals surface area contributed by atoms with E-state index in [-0.39, 0.29) is 0 Å². The number of thioether (sulfide) groups is 1. The van der Waals surface area contributed by atoms with Gasteiger partial charge in [-0.2, -0.15) is 11.8 Å². The molecule has 0 aromatic heterocycles. The van der Waals surface area contributed by atoms with Gasteiger partial charge in [0, 0.05) is 6.04 Å². The molecule has 0 aliphatic carbocycles. The highest BCUT2D eigenvalue weighted by atomic mass is 32.2. The van der Waals surface area contributed by atoms with Crippen LogP contribution in [0.3, 0.4) is 0 Å². The predicted molar refractivity (Wildman–Crippen MR) is 73.1 cm³/mol. The summed E-state index contributed by atoms with van der Waals surface area (Å²) in [5.74, 6) is 2.69. The van der Waals surface area contributed by atoms with Crippen LogP contribution in [0.15, 0.2) is 30.3 Å². The van der Waals surface area contributed by atoms with Gasteiger partial charge in [-0.25, -0.2) is 0 Å². The summed E-state index contributed by atoms with van der Waals surface area (Å²) in [5, 5.41) is 3.68. The van der Waals surface area contributed by atoms with Crippen molar-refractivity contribution in [2.75, 3.05) is 18.1 Å². The zero-order valence-corrected chi connectivity index (χ0v) is 10.6. The minimum atomic E-state index is 0.789. The summed E-state index contributed by atoms with van der Waals surface area (Å²) >= 11 is 2.09. The third kappa shape index (κ3) is 4.18. The van der Waals surface area contributed by atoms with E-state index in [9.17, 15) is 0 Å². The molecule has 0 atom stereocenters. The maximum Gasteiger partial charge on any atom is 0.00827 e. The van der Waals surface area contributed by atoms with Crippen LogP contribution in [0.2, 0.25) is 0 Å². The molecule has 1 aliphatic heterocycles. The summed E-state index contributed by atoms with van der Waals surface area (Å²) in [6.07, 6.45) is 5.18. The van der Waals surface area contributed by atoms with E-state index in [2.05, 4.69) is 47.4 Å². The first-order chi connectivity index (χ1) is 7.95. The maximum absolute atomic E-state index is 3.68. The number of hydrogen-bond acceptors (Lipinski definition) is 2. The second-order valence-electron chi connectivity index (χ2n) is 4.43. The Labute approximate surface area is 103 Å². The van der Waals surface area contributed by atoms with E-state index in [0.29, 0.717) is 0 Å². The lowest BCUT2D eigenvalue weighted by Crippen LogP contribution is -2.33. The SMILES string of the molecule is c1ccc(CCCNC2CCSCC2)cc1. The van der Waals surface area contributed by atoms with Gasteiger partial charge in [-0.1, -0.05) is 30.3 Å². The third-order valence-electron chi connectivity index (χ3n) is 3.14. The minimum Gasteiger partial charge on any atom is -0.314 e. The van der Waals surface area contributed by atoms with Crippen molar-refractivity contribution >= 4 is 11.8 Å². The zero-order valence-electron chi connectivity index (χ0n) is 9.82. The lowest BCUT2D eigenvalue weighted by Gasteiger charge is -2.22. The fourth-order valence-corrected chi connectivity index (χ4v) is 3.25. The molecule has 1 fully saturated rings. The van der Waals surface area contributed by atoms with Gasteiger partial charge in [0.2, 0.25) is 0 Å². The van der Waals surface area contributed by atoms with Crippen LogP contribution in [0.4, 0.5) is 0 Å². The number of hydrogen-bond donors (Lipinski definition) is 1. The summed E-state index contributed by atoms with van der Waals surface area (Å²) in [5.41, 5.74) is 1.46. The molecule has 0 spiro atoms. The molecule has 2 heteroatoms. The van der Waals surface area contributed by atoms with Crippen LogP contribution >= 0.6 is 11.8 Å². The average Bonchev–Trinajstić information content (AvgIpc) is 2.37. The zero-order chi connectivity index (χ0) is 11.1. The van der Waals surface area contributed by atoms with Crippen molar-refractivity contribution in [2.24, 2.45) is 0 Å². The summed E-state index contributed by atoms with van der Waals surface area (Å²) in [6, 6.07) is 11.6. The highest BCUT2D eigenvalue weighted by Gasteiger charge is 2.11. The summed E-state index contributed by atoms with van der Waals surface area (Å²) in [7, 11) is 0. The molecule has 16 heavy (non-hydrogen) atoms. The summed E-state index contributed by atoms with van der Waals surface area (Å²) in [4.78, 5) is 0. The minimum absolute atomic E-state index is 0.789. The van der Waals surface area contributed by atoms with Crippen molar-refractivity contribution < 1.29 is 0 Å². The van der Waals surface area contributed by atoms with Crippen LogP contribution in [0.1, 0.15) is 24.8 Å². The molecule has 88 valence electrons. The Morgan fingerprint density at radius 2 is 1.88 bits per heavy atom. The highest BCUT2D eigenvalue weighted by molar-refractivity contribution is 7.99. The van der Waals surface area contributed by atoms with Crippen LogP contribution < -0.4 is 5.32 Å². The predicted octanol–water partition coefficient (Wildman–Crippen LogP) is 3.10. The van der Waals surface area contributed by atoms with Crippen LogP contribution in [0.5, 0.6) is 0 Å². The van der Waals surface area contributed by atoms with Gasteiger partial charge in [0.15, 0.2) is 0 Å². The lowest BCUT2D eigenvalue weighted by atomic mass is 10.1. The van der Waals surface area contributed by atoms with Gasteiger partial charge in [0.25, 0.3) is 0 Å². The molecule has 1 aromatic rings. The van der Waals surface area contributed by atoms with Crippen molar-refractivity contribution in [1.82, 2.24) is 5.32 Å². The molecule has 1 aliphatic rings. The molecule has 1 N–H and O–H groups in total. The molecule has 0 unspecified atom stereocenters. The van der Waals surface area contributed by atoms with Crippen LogP contribution in [0, 0.1) is 0 Å². The molecular formula is C14H21NS. The molecule has 1 aromatic carbocycles. The van der Waals surface area contributed by atoms with Gasteiger partial charge in [-0.3, -0.25) is 0 Å². The Hall–Kier alpha value is -0.470. The van der Waals surface area contributed by atoms with Crippen molar-refractivity contribution in [3.05, 3.63) is 35.9 Å². The third-order valence-corrected chi connectivity index (χ3v) is 4.19. The van der Waals surface area contributed by atoms with E-state index in [4.69, 9.17) is 0 Å². The normalized spacial score (nSPS) is 17.5. The smallest absolute Gasteiger partial charge is 0.00827 e. The van der Waals surface area contributed by atoms with E-state index in [1.807, 2.05) is 0 Å². The quantitative estimate of drug-likeness (QED) is 0.787. The van der Waals surface area contributed by atoms with Crippen molar-refractivity contribution in [2.45, 2.75) is 31.7 Å². The molecule has 1 saturated heterocycles. The molecule has 2 rings (SSSR count). The first-order valence-corrected chi connectivity index (χ1v) is 7.46. The van der Waals surface area contributed by atoms with Crippen molar-refractivity contribution in [1.29, 1.82) is 0 Å². The van der Waals surface area contributed by atoms with Crippen molar-refractivity contribution in [3.63, 3.8) is 0 Å². The highest BCUT2D eigenvalue weighted by Crippen LogP contribution is 2.16. The van der Waals surface area contributed by atoms with Crippen LogP contribution in [-0.2, 0) is 6.42 Å². The fraction of sp³-hybridized carbons (Fsp3) is 0.571. The maximum atomic E-state index is 3.68. The Kier molecular flexibility index (Phi) is 5.23. The van der Waals surface area contributed by atoms with E-state index < -0.39 is 0 Å². The number of rotatable bonds is 5. The number of aryl methyl sites for hydroxylation is 1. The van der Waals surface area contributed by atoms with Crippen LogP contribution in [-0.4, -0.2) is 24.1 Å². The van der Waals surface area contributed by atoms with E-state index >= 15 is 0 Å². The second kappa shape index (κ2) is 6.97. The van der Waals surface area contributed by atoms with E-state index in [1.54, 1.807) is 0 Å². The van der Waals surface area contributed by atoms with Gasteiger partial charge in [-0.15, -0.1) is 0 Å². The van der Waals surface area contributed by atoms with Gasteiger partial charge in [0.05, 0.1) is 0 Å². The number of benzene rings is 1. The molecule has 0 amide bonds. The number of nitrogens with one attached hydrogen (secondary N) is 1. The largest absolute Gasteiger partial charge is 0.314 e. The molecular weight excluding hydrogens is 214 g/mol. The molecule has 0 bridgehead atoms. The van der Waals surface area contributed by atoms with E-state index in [1.165, 1.54) is 49.3 Å². The monoisotopic (exact) mass is 235 g/mol. The Balaban J connectivity index is 1.58. The van der Waals surface area contributed by atoms with Gasteiger partial charge in [0.1, 0.15) is 0 Å². The van der Waals surface area contributed by atoms with Gasteiger partial charge < -0.3 is 5.32 Å². The van der Waals surface area contributed by atoms with Gasteiger partial charge >= 0.3 is 0 Å². The first-order valence-electron chi connectivity index (χ1n) is 6.30. The molecule has 0 radical (unpaired) electrons. The molecule has 0 saturated carbocycles. The van der Waals surface area contributed by atoms with Gasteiger partial charge in [-0.05, 0) is 49.3 Å². The summed E-state index contributed by atoms with van der Waals surface area (Å²) < 4.78 is 0. The van der Waals surface area contributed by atoms with Crippen LogP contribution in [0.25, 0.3) is 0 Å². The standard InChI is InChI=1S/C14H21NS/c1-2-5-13(6-3-1)7-4-10-15-14-8-11-16-12-9-14/h1-3,5-6,14-15H,4,7-12H2. The molecule has 1 nitrogen and oxygen atoms in total.